The fourth-order valence-electron chi connectivity index (χ4n) is 1.56. The zero-order valence-corrected chi connectivity index (χ0v) is 7.08. The Morgan fingerprint density at radius 3 is 3.00 bits per heavy atom. The summed E-state index contributed by atoms with van der Waals surface area (Å²) in [7, 11) is 0. The van der Waals surface area contributed by atoms with E-state index in [-0.39, 0.29) is 11.9 Å². The Hall–Kier alpha value is -1.39. The second-order valence-corrected chi connectivity index (χ2v) is 3.06. The average Bonchev–Trinajstić information content (AvgIpc) is 2.16. The molecule has 4 heteroatoms. The molecule has 0 aliphatic carbocycles. The van der Waals surface area contributed by atoms with Crippen molar-refractivity contribution in [1.29, 1.82) is 0 Å². The molecule has 0 radical (unpaired) electrons. The first-order chi connectivity index (χ1) is 6.31. The molecule has 0 saturated carbocycles. The van der Waals surface area contributed by atoms with Crippen LogP contribution in [0.1, 0.15) is 18.0 Å². The molecule has 1 aliphatic heterocycles. The van der Waals surface area contributed by atoms with E-state index in [0.29, 0.717) is 6.42 Å². The third-order valence-electron chi connectivity index (χ3n) is 2.20. The molecule has 0 fully saturated rings. The number of amides is 1. The van der Waals surface area contributed by atoms with Crippen molar-refractivity contribution in [1.82, 2.24) is 5.43 Å². The van der Waals surface area contributed by atoms with Gasteiger partial charge in [0.1, 0.15) is 0 Å². The third-order valence-corrected chi connectivity index (χ3v) is 2.20. The summed E-state index contributed by atoms with van der Waals surface area (Å²) < 4.78 is 0. The van der Waals surface area contributed by atoms with Crippen molar-refractivity contribution >= 4 is 11.6 Å². The van der Waals surface area contributed by atoms with E-state index in [1.54, 1.807) is 0 Å². The molecule has 1 aromatic carbocycles. The van der Waals surface area contributed by atoms with Crippen LogP contribution in [0.25, 0.3) is 0 Å². The number of para-hydroxylation sites is 1. The van der Waals surface area contributed by atoms with Crippen LogP contribution in [-0.2, 0) is 4.79 Å². The van der Waals surface area contributed by atoms with Crippen LogP contribution in [0, 0.1) is 0 Å². The summed E-state index contributed by atoms with van der Waals surface area (Å²) in [6.07, 6.45) is 0.396. The number of nitrogens with one attached hydrogen (secondary N) is 2. The number of nitrogens with two attached hydrogens (primary N) is 1. The number of carbonyl (C=O) groups excluding carboxylic acids is 1. The number of benzene rings is 1. The topological polar surface area (TPSA) is 67.1 Å². The first kappa shape index (κ1) is 8.22. The van der Waals surface area contributed by atoms with Gasteiger partial charge in [0.2, 0.25) is 5.91 Å². The summed E-state index contributed by atoms with van der Waals surface area (Å²) in [5.74, 6) is 5.35. The molecule has 1 unspecified atom stereocenters. The predicted octanol–water partition coefficient (Wildman–Crippen LogP) is 0.533. The highest BCUT2D eigenvalue weighted by molar-refractivity contribution is 5.94. The molecular formula is C9H11N3O. The number of fused-ring (bicyclic) bond motifs is 1. The van der Waals surface area contributed by atoms with E-state index in [1.807, 2.05) is 24.3 Å². The standard InChI is InChI=1S/C9H11N3O/c10-12-8-5-9(13)11-7-4-2-1-3-6(7)8/h1-4,8,12H,5,10H2,(H,11,13). The van der Waals surface area contributed by atoms with E-state index < -0.39 is 0 Å². The van der Waals surface area contributed by atoms with Crippen LogP contribution in [-0.4, -0.2) is 5.91 Å². The summed E-state index contributed by atoms with van der Waals surface area (Å²) >= 11 is 0. The highest BCUT2D eigenvalue weighted by Gasteiger charge is 2.22. The summed E-state index contributed by atoms with van der Waals surface area (Å²) in [4.78, 5) is 11.2. The predicted molar refractivity (Wildman–Crippen MR) is 49.8 cm³/mol. The van der Waals surface area contributed by atoms with Gasteiger partial charge in [0, 0.05) is 12.1 Å². The van der Waals surface area contributed by atoms with Crippen LogP contribution in [0.3, 0.4) is 0 Å². The van der Waals surface area contributed by atoms with E-state index >= 15 is 0 Å². The van der Waals surface area contributed by atoms with Gasteiger partial charge < -0.3 is 5.32 Å². The average molecular weight is 177 g/mol. The number of hydrogen-bond donors (Lipinski definition) is 3. The molecule has 1 aliphatic rings. The molecule has 0 bridgehead atoms. The van der Waals surface area contributed by atoms with Gasteiger partial charge in [-0.1, -0.05) is 18.2 Å². The minimum absolute atomic E-state index is 0.00153. The summed E-state index contributed by atoms with van der Waals surface area (Å²) in [6.45, 7) is 0. The monoisotopic (exact) mass is 177 g/mol. The van der Waals surface area contributed by atoms with E-state index in [2.05, 4.69) is 10.7 Å². The van der Waals surface area contributed by atoms with Crippen molar-refractivity contribution in [3.8, 4) is 0 Å². The van der Waals surface area contributed by atoms with Crippen molar-refractivity contribution in [3.63, 3.8) is 0 Å². The number of carbonyl (C=O) groups is 1. The van der Waals surface area contributed by atoms with Crippen LogP contribution in [0.5, 0.6) is 0 Å². The summed E-state index contributed by atoms with van der Waals surface area (Å²) in [6, 6.07) is 7.58. The molecule has 4 N–H and O–H groups in total. The molecule has 1 aromatic rings. The highest BCUT2D eigenvalue weighted by atomic mass is 16.1. The van der Waals surface area contributed by atoms with Gasteiger partial charge in [-0.15, -0.1) is 0 Å². The van der Waals surface area contributed by atoms with Gasteiger partial charge in [0.25, 0.3) is 0 Å². The Labute approximate surface area is 76.1 Å². The normalized spacial score (nSPS) is 20.7. The molecule has 0 aromatic heterocycles. The van der Waals surface area contributed by atoms with Gasteiger partial charge in [0.05, 0.1) is 6.04 Å². The number of hydrazine groups is 1. The second-order valence-electron chi connectivity index (χ2n) is 3.06. The Balaban J connectivity index is 2.42. The van der Waals surface area contributed by atoms with Crippen LogP contribution >= 0.6 is 0 Å². The Morgan fingerprint density at radius 1 is 1.46 bits per heavy atom. The van der Waals surface area contributed by atoms with Crippen molar-refractivity contribution in [2.45, 2.75) is 12.5 Å². The maximum Gasteiger partial charge on any atom is 0.226 e. The molecule has 68 valence electrons. The molecule has 0 saturated heterocycles. The molecule has 0 spiro atoms. The first-order valence-corrected chi connectivity index (χ1v) is 4.16. The van der Waals surface area contributed by atoms with E-state index in [1.165, 1.54) is 0 Å². The fraction of sp³-hybridized carbons (Fsp3) is 0.222. The van der Waals surface area contributed by atoms with E-state index in [0.717, 1.165) is 11.3 Å². The second kappa shape index (κ2) is 3.16. The lowest BCUT2D eigenvalue weighted by molar-refractivity contribution is -0.117. The van der Waals surface area contributed by atoms with Crippen LogP contribution < -0.4 is 16.6 Å². The number of hydrogen-bond acceptors (Lipinski definition) is 3. The van der Waals surface area contributed by atoms with Crippen molar-refractivity contribution in [3.05, 3.63) is 29.8 Å². The molecule has 1 amide bonds. The summed E-state index contributed by atoms with van der Waals surface area (Å²) in [5, 5.41) is 2.79. The maximum atomic E-state index is 11.2. The van der Waals surface area contributed by atoms with Crippen molar-refractivity contribution in [2.24, 2.45) is 5.84 Å². The molecule has 1 heterocycles. The third kappa shape index (κ3) is 1.41. The van der Waals surface area contributed by atoms with Gasteiger partial charge in [-0.05, 0) is 11.6 Å². The largest absolute Gasteiger partial charge is 0.326 e. The van der Waals surface area contributed by atoms with Gasteiger partial charge in [-0.3, -0.25) is 16.1 Å². The Bertz CT molecular complexity index is 337. The fourth-order valence-corrected chi connectivity index (χ4v) is 1.56. The Morgan fingerprint density at radius 2 is 2.23 bits per heavy atom. The van der Waals surface area contributed by atoms with Crippen LogP contribution in [0.4, 0.5) is 5.69 Å². The highest BCUT2D eigenvalue weighted by Crippen LogP contribution is 2.28. The van der Waals surface area contributed by atoms with Crippen LogP contribution in [0.15, 0.2) is 24.3 Å². The SMILES string of the molecule is NNC1CC(=O)Nc2ccccc21. The lowest BCUT2D eigenvalue weighted by Crippen LogP contribution is -2.35. The summed E-state index contributed by atoms with van der Waals surface area (Å²) in [5.41, 5.74) is 4.52. The van der Waals surface area contributed by atoms with Crippen LogP contribution in [0.2, 0.25) is 0 Å². The van der Waals surface area contributed by atoms with E-state index in [9.17, 15) is 4.79 Å². The Kier molecular flexibility index (Phi) is 2.00. The maximum absolute atomic E-state index is 11.2. The van der Waals surface area contributed by atoms with Gasteiger partial charge in [-0.25, -0.2) is 0 Å². The van der Waals surface area contributed by atoms with E-state index in [4.69, 9.17) is 5.84 Å². The minimum atomic E-state index is -0.0649. The number of anilines is 1. The van der Waals surface area contributed by atoms with Crippen molar-refractivity contribution in [2.75, 3.05) is 5.32 Å². The minimum Gasteiger partial charge on any atom is -0.326 e. The van der Waals surface area contributed by atoms with Gasteiger partial charge in [0.15, 0.2) is 0 Å². The smallest absolute Gasteiger partial charge is 0.226 e. The first-order valence-electron chi connectivity index (χ1n) is 4.16. The van der Waals surface area contributed by atoms with Crippen molar-refractivity contribution < 1.29 is 4.79 Å². The molecule has 2 rings (SSSR count). The lowest BCUT2D eigenvalue weighted by Gasteiger charge is -2.24. The molecule has 13 heavy (non-hydrogen) atoms. The molecular weight excluding hydrogens is 166 g/mol. The number of rotatable bonds is 1. The zero-order valence-electron chi connectivity index (χ0n) is 7.08. The molecule has 4 nitrogen and oxygen atoms in total. The quantitative estimate of drug-likeness (QED) is 0.433. The lowest BCUT2D eigenvalue weighted by atomic mass is 9.98. The van der Waals surface area contributed by atoms with Gasteiger partial charge in [-0.2, -0.15) is 0 Å². The molecule has 1 atom stereocenters. The zero-order chi connectivity index (χ0) is 9.26. The van der Waals surface area contributed by atoms with Gasteiger partial charge >= 0.3 is 0 Å².